The Labute approximate surface area is 180 Å². The van der Waals surface area contributed by atoms with E-state index >= 15 is 0 Å². The average Bonchev–Trinajstić information content (AvgIpc) is 2.54. The number of hydrogen-bond acceptors (Lipinski definition) is 4. The van der Waals surface area contributed by atoms with E-state index < -0.39 is 27.7 Å². The van der Waals surface area contributed by atoms with Gasteiger partial charge in [-0.3, -0.25) is 4.79 Å². The molecule has 0 unspecified atom stereocenters. The summed E-state index contributed by atoms with van der Waals surface area (Å²) in [6.07, 6.45) is 0.737. The molecule has 0 aliphatic heterocycles. The molecule has 0 fully saturated rings. The number of carbonyl (C=O) groups is 2. The fourth-order valence-corrected chi connectivity index (χ4v) is 2.63. The van der Waals surface area contributed by atoms with E-state index in [1.54, 1.807) is 14.1 Å². The molecule has 10 heteroatoms. The highest BCUT2D eigenvalue weighted by Gasteiger charge is 2.34. The molecule has 150 valence electrons. The molecule has 0 rings (SSSR count). The number of ether oxygens (including phenoxy) is 1. The van der Waals surface area contributed by atoms with Crippen molar-refractivity contribution in [2.24, 2.45) is 11.8 Å². The third kappa shape index (κ3) is 9.34. The maximum absolute atomic E-state index is 12.7. The molecule has 0 spiro atoms. The highest BCUT2D eigenvalue weighted by molar-refractivity contribution is 8.93. The maximum Gasteiger partial charge on any atom is 0.328 e. The van der Waals surface area contributed by atoms with Crippen LogP contribution in [0.1, 0.15) is 26.7 Å². The first kappa shape index (κ1) is 27.8. The van der Waals surface area contributed by atoms with Gasteiger partial charge in [-0.15, -0.1) is 63.4 Å². The molecule has 0 heterocycles. The van der Waals surface area contributed by atoms with E-state index in [0.29, 0.717) is 12.8 Å². The standard InChI is InChI=1S/C15H26Cl4N2O3.BrH/c1-8(12(16)17)6-10(20-3)14(22)21(4)11(15(23)24-5)7-9(2)13(18)19;/h8-13,20H,6-7H2,1-5H3;1H/t8-,9+,10-,11-;/m0./s1. The van der Waals surface area contributed by atoms with Gasteiger partial charge in [-0.25, -0.2) is 4.79 Å². The minimum Gasteiger partial charge on any atom is -0.467 e. The van der Waals surface area contributed by atoms with E-state index in [-0.39, 0.29) is 34.7 Å². The normalized spacial score (nSPS) is 16.0. The summed E-state index contributed by atoms with van der Waals surface area (Å²) in [5.74, 6) is -1.04. The van der Waals surface area contributed by atoms with Gasteiger partial charge in [-0.05, 0) is 31.7 Å². The van der Waals surface area contributed by atoms with Crippen LogP contribution in [0.2, 0.25) is 0 Å². The zero-order chi connectivity index (χ0) is 19.0. The van der Waals surface area contributed by atoms with Crippen LogP contribution < -0.4 is 5.32 Å². The summed E-state index contributed by atoms with van der Waals surface area (Å²) in [7, 11) is 4.51. The molecule has 0 saturated carbocycles. The number of likely N-dealkylation sites (N-methyl/N-ethyl adjacent to an activating group) is 2. The molecule has 1 amide bonds. The molecule has 0 aromatic carbocycles. The first-order valence-electron chi connectivity index (χ1n) is 7.64. The van der Waals surface area contributed by atoms with Crippen molar-refractivity contribution in [3.8, 4) is 0 Å². The van der Waals surface area contributed by atoms with Crippen molar-refractivity contribution in [3.63, 3.8) is 0 Å². The van der Waals surface area contributed by atoms with Crippen LogP contribution in [0, 0.1) is 11.8 Å². The molecule has 0 aliphatic carbocycles. The van der Waals surface area contributed by atoms with E-state index in [9.17, 15) is 9.59 Å². The van der Waals surface area contributed by atoms with Gasteiger partial charge in [-0.2, -0.15) is 0 Å². The summed E-state index contributed by atoms with van der Waals surface area (Å²) in [4.78, 5) is 25.0. The summed E-state index contributed by atoms with van der Waals surface area (Å²) in [5, 5.41) is 2.94. The van der Waals surface area contributed by atoms with Gasteiger partial charge in [0.05, 0.1) is 13.2 Å². The number of nitrogens with zero attached hydrogens (tertiary/aromatic N) is 1. The fraction of sp³-hybridized carbons (Fsp3) is 0.867. The van der Waals surface area contributed by atoms with Gasteiger partial charge in [0, 0.05) is 7.05 Å². The largest absolute Gasteiger partial charge is 0.467 e. The Bertz CT molecular complexity index is 416. The highest BCUT2D eigenvalue weighted by atomic mass is 79.9. The molecular weight excluding hydrogens is 478 g/mol. The van der Waals surface area contributed by atoms with E-state index in [1.165, 1.54) is 12.0 Å². The molecule has 0 aliphatic rings. The number of rotatable bonds is 10. The molecule has 4 atom stereocenters. The Morgan fingerprint density at radius 2 is 1.48 bits per heavy atom. The van der Waals surface area contributed by atoms with Gasteiger partial charge >= 0.3 is 5.97 Å². The van der Waals surface area contributed by atoms with Crippen molar-refractivity contribution in [2.45, 2.75) is 48.4 Å². The Hall–Kier alpha value is 0.540. The monoisotopic (exact) mass is 502 g/mol. The lowest BCUT2D eigenvalue weighted by atomic mass is 9.99. The van der Waals surface area contributed by atoms with Crippen molar-refractivity contribution >= 4 is 75.3 Å². The second-order valence-electron chi connectivity index (χ2n) is 5.92. The minimum atomic E-state index is -0.772. The van der Waals surface area contributed by atoms with Crippen molar-refractivity contribution < 1.29 is 14.3 Å². The van der Waals surface area contributed by atoms with Crippen LogP contribution in [-0.2, 0) is 14.3 Å². The lowest BCUT2D eigenvalue weighted by Gasteiger charge is -2.32. The smallest absolute Gasteiger partial charge is 0.328 e. The third-order valence-electron chi connectivity index (χ3n) is 4.00. The molecule has 25 heavy (non-hydrogen) atoms. The summed E-state index contributed by atoms with van der Waals surface area (Å²) in [6.45, 7) is 3.66. The summed E-state index contributed by atoms with van der Waals surface area (Å²) < 4.78 is 4.82. The molecular formula is C15H27BrCl4N2O3. The molecule has 0 radical (unpaired) electrons. The van der Waals surface area contributed by atoms with Crippen LogP contribution in [0.4, 0.5) is 0 Å². The van der Waals surface area contributed by atoms with Gasteiger partial charge in [0.2, 0.25) is 5.91 Å². The lowest BCUT2D eigenvalue weighted by Crippen LogP contribution is -2.51. The Morgan fingerprint density at radius 3 is 1.84 bits per heavy atom. The number of methoxy groups -OCH3 is 1. The molecule has 0 aromatic heterocycles. The number of carbonyl (C=O) groups excluding carboxylic acids is 2. The summed E-state index contributed by atoms with van der Waals surface area (Å²) in [6, 6.07) is -1.29. The maximum atomic E-state index is 12.7. The van der Waals surface area contributed by atoms with Gasteiger partial charge in [0.15, 0.2) is 0 Å². The van der Waals surface area contributed by atoms with Gasteiger partial charge in [0.25, 0.3) is 0 Å². The van der Waals surface area contributed by atoms with Gasteiger partial charge in [0.1, 0.15) is 15.7 Å². The zero-order valence-electron chi connectivity index (χ0n) is 15.0. The Kier molecular flexibility index (Phi) is 15.2. The second-order valence-corrected chi connectivity index (χ2v) is 8.25. The van der Waals surface area contributed by atoms with Crippen molar-refractivity contribution in [2.75, 3.05) is 21.2 Å². The van der Waals surface area contributed by atoms with Crippen LogP contribution in [0.3, 0.4) is 0 Å². The van der Waals surface area contributed by atoms with Crippen LogP contribution in [0.15, 0.2) is 0 Å². The van der Waals surface area contributed by atoms with Gasteiger partial charge < -0.3 is 15.0 Å². The fourth-order valence-electron chi connectivity index (χ4n) is 2.22. The van der Waals surface area contributed by atoms with E-state index in [0.717, 1.165) is 0 Å². The van der Waals surface area contributed by atoms with E-state index in [2.05, 4.69) is 5.32 Å². The Morgan fingerprint density at radius 1 is 1.04 bits per heavy atom. The highest BCUT2D eigenvalue weighted by Crippen LogP contribution is 2.24. The average molecular weight is 505 g/mol. The van der Waals surface area contributed by atoms with Crippen LogP contribution in [0.25, 0.3) is 0 Å². The van der Waals surface area contributed by atoms with Crippen molar-refractivity contribution in [1.82, 2.24) is 10.2 Å². The number of hydrogen-bond donors (Lipinski definition) is 1. The van der Waals surface area contributed by atoms with Crippen LogP contribution in [0.5, 0.6) is 0 Å². The summed E-state index contributed by atoms with van der Waals surface area (Å²) in [5.41, 5.74) is 0. The third-order valence-corrected chi connectivity index (χ3v) is 5.72. The molecule has 0 saturated heterocycles. The van der Waals surface area contributed by atoms with Crippen LogP contribution in [-0.4, -0.2) is 59.7 Å². The van der Waals surface area contributed by atoms with Crippen LogP contribution >= 0.6 is 63.4 Å². The first-order valence-corrected chi connectivity index (χ1v) is 9.39. The minimum absolute atomic E-state index is 0. The quantitative estimate of drug-likeness (QED) is 0.363. The van der Waals surface area contributed by atoms with Crippen molar-refractivity contribution in [1.29, 1.82) is 0 Å². The Balaban J connectivity index is 0. The predicted octanol–water partition coefficient (Wildman–Crippen LogP) is 3.81. The molecule has 0 bridgehead atoms. The number of esters is 1. The molecule has 0 aromatic rings. The number of alkyl halides is 4. The number of amides is 1. The SMILES string of the molecule is Br.CN[C@@H](C[C@H](C)C(Cl)Cl)C(=O)N(C)[C@@H](C[C@@H](C)C(Cl)Cl)C(=O)OC. The molecule has 1 N–H and O–H groups in total. The lowest BCUT2D eigenvalue weighted by molar-refractivity contribution is -0.153. The predicted molar refractivity (Wildman–Crippen MR) is 110 cm³/mol. The van der Waals surface area contributed by atoms with E-state index in [4.69, 9.17) is 51.1 Å². The summed E-state index contributed by atoms with van der Waals surface area (Å²) >= 11 is 23.5. The topological polar surface area (TPSA) is 58.6 Å². The van der Waals surface area contributed by atoms with E-state index in [1.807, 2.05) is 13.8 Å². The number of nitrogens with one attached hydrogen (secondary N) is 1. The number of halogens is 5. The zero-order valence-corrected chi connectivity index (χ0v) is 19.7. The van der Waals surface area contributed by atoms with Gasteiger partial charge in [-0.1, -0.05) is 13.8 Å². The first-order chi connectivity index (χ1) is 11.1. The molecule has 5 nitrogen and oxygen atoms in total. The van der Waals surface area contributed by atoms with Crippen molar-refractivity contribution in [3.05, 3.63) is 0 Å². The second kappa shape index (κ2) is 13.7.